The fourth-order valence-electron chi connectivity index (χ4n) is 9.01. The highest BCUT2D eigenvalue weighted by atomic mass is 35.5. The first-order chi connectivity index (χ1) is 25.2. The van der Waals surface area contributed by atoms with Crippen LogP contribution in [0.1, 0.15) is 35.6 Å². The molecular formula is C39H29Cl2F3N4O5. The number of aromatic hydroxyl groups is 1. The topological polar surface area (TPSA) is 111 Å². The lowest BCUT2D eigenvalue weighted by molar-refractivity contribution is -0.141. The fourth-order valence-corrected chi connectivity index (χ4v) is 9.43. The third-order valence-electron chi connectivity index (χ3n) is 11.1. The molecule has 0 radical (unpaired) electrons. The van der Waals surface area contributed by atoms with Crippen LogP contribution in [-0.2, 0) is 30.8 Å². The van der Waals surface area contributed by atoms with E-state index in [9.17, 15) is 32.7 Å². The smallest absolute Gasteiger partial charge is 0.433 e. The molecule has 4 amide bonds. The van der Waals surface area contributed by atoms with Crippen molar-refractivity contribution in [1.82, 2.24) is 9.99 Å². The number of phenolic OH excluding ortho intramolecular Hbond substituents is 1. The normalized spacial score (nSPS) is 26.7. The van der Waals surface area contributed by atoms with E-state index in [1.165, 1.54) is 25.2 Å². The van der Waals surface area contributed by atoms with Crippen molar-refractivity contribution in [2.75, 3.05) is 17.0 Å². The van der Waals surface area contributed by atoms with Crippen LogP contribution in [0.15, 0.2) is 103 Å². The maximum Gasteiger partial charge on any atom is 0.433 e. The molecule has 3 fully saturated rings. The Morgan fingerprint density at radius 3 is 2.30 bits per heavy atom. The minimum atomic E-state index is -4.82. The number of hydrazine groups is 1. The van der Waals surface area contributed by atoms with Crippen molar-refractivity contribution in [3.8, 4) is 5.75 Å². The van der Waals surface area contributed by atoms with Gasteiger partial charge in [0, 0.05) is 18.0 Å². The molecule has 14 heteroatoms. The predicted molar refractivity (Wildman–Crippen MR) is 189 cm³/mol. The van der Waals surface area contributed by atoms with E-state index in [1.807, 2.05) is 6.08 Å². The SMILES string of the molecule is CN(c1nc(C(F)(F)F)ccc1Cl)N1C(=O)C2CC=C3C(CC4C(=O)N(c5cccc(Cl)c5)C(=O)C4(c4ccccc4)C3c3cccc(O)c3)C2C1=O. The van der Waals surface area contributed by atoms with Gasteiger partial charge in [0.2, 0.25) is 11.8 Å². The number of pyridine rings is 1. The maximum atomic E-state index is 15.2. The molecule has 270 valence electrons. The zero-order valence-corrected chi connectivity index (χ0v) is 29.3. The molecule has 2 aliphatic carbocycles. The van der Waals surface area contributed by atoms with Gasteiger partial charge in [-0.1, -0.05) is 83.4 Å². The summed E-state index contributed by atoms with van der Waals surface area (Å²) < 4.78 is 40.9. The molecular weight excluding hydrogens is 732 g/mol. The second-order valence-corrected chi connectivity index (χ2v) is 14.5. The lowest BCUT2D eigenvalue weighted by Gasteiger charge is -2.50. The van der Waals surface area contributed by atoms with Crippen molar-refractivity contribution in [3.05, 3.63) is 130 Å². The lowest BCUT2D eigenvalue weighted by Crippen LogP contribution is -2.53. The maximum absolute atomic E-state index is 15.2. The number of rotatable bonds is 5. The van der Waals surface area contributed by atoms with Gasteiger partial charge in [0.1, 0.15) is 11.4 Å². The Kier molecular flexibility index (Phi) is 8.19. The molecule has 53 heavy (non-hydrogen) atoms. The molecule has 2 saturated heterocycles. The molecule has 3 aromatic carbocycles. The number of hydrogen-bond donors (Lipinski definition) is 1. The van der Waals surface area contributed by atoms with E-state index in [1.54, 1.807) is 60.7 Å². The van der Waals surface area contributed by atoms with Gasteiger partial charge in [-0.05, 0) is 72.4 Å². The highest BCUT2D eigenvalue weighted by Crippen LogP contribution is 2.64. The fraction of sp³-hybridized carbons (Fsp3) is 0.256. The number of nitrogens with zero attached hydrogens (tertiary/aromatic N) is 4. The summed E-state index contributed by atoms with van der Waals surface area (Å²) in [6.45, 7) is 0. The number of benzene rings is 3. The molecule has 6 unspecified atom stereocenters. The Balaban J connectivity index is 1.29. The van der Waals surface area contributed by atoms with Crippen LogP contribution in [0.3, 0.4) is 0 Å². The average Bonchev–Trinajstić information content (AvgIpc) is 3.52. The standard InChI is InChI=1S/C39H29Cl2F3N4O5/c1-46(33-29(41)15-16-30(45-33)39(42,43)44)48-34(50)26-14-13-25-27(31(26)36(48)52)19-28-35(51)47(23-11-6-10-22(40)18-23)37(53)38(28,21-8-3-2-4-9-21)32(25)20-7-5-12-24(49)17-20/h2-13,15-18,26-28,31-32,49H,14,19H2,1H3. The van der Waals surface area contributed by atoms with E-state index >= 15 is 4.79 Å². The Bertz CT molecular complexity index is 2250. The number of imide groups is 2. The molecule has 4 aliphatic rings. The number of allylic oxidation sites excluding steroid dienone is 2. The van der Waals surface area contributed by atoms with Crippen molar-refractivity contribution in [2.45, 2.75) is 30.4 Å². The van der Waals surface area contributed by atoms with Crippen molar-refractivity contribution in [2.24, 2.45) is 23.7 Å². The van der Waals surface area contributed by atoms with Crippen molar-refractivity contribution >= 4 is 58.3 Å². The highest BCUT2D eigenvalue weighted by molar-refractivity contribution is 6.33. The summed E-state index contributed by atoms with van der Waals surface area (Å²) in [5.74, 6) is -7.51. The van der Waals surface area contributed by atoms with Gasteiger partial charge >= 0.3 is 6.18 Å². The van der Waals surface area contributed by atoms with Gasteiger partial charge in [-0.25, -0.2) is 9.88 Å². The minimum absolute atomic E-state index is 0.00200. The van der Waals surface area contributed by atoms with Gasteiger partial charge in [-0.3, -0.25) is 24.2 Å². The monoisotopic (exact) mass is 760 g/mol. The number of alkyl halides is 3. The molecule has 1 aromatic heterocycles. The summed E-state index contributed by atoms with van der Waals surface area (Å²) in [4.78, 5) is 63.5. The van der Waals surface area contributed by atoms with E-state index in [0.29, 0.717) is 27.8 Å². The summed E-state index contributed by atoms with van der Waals surface area (Å²) in [5.41, 5.74) is -0.798. The Morgan fingerprint density at radius 2 is 1.60 bits per heavy atom. The number of carbonyl (C=O) groups excluding carboxylic acids is 4. The molecule has 3 heterocycles. The largest absolute Gasteiger partial charge is 0.508 e. The first-order valence-electron chi connectivity index (χ1n) is 16.8. The minimum Gasteiger partial charge on any atom is -0.508 e. The molecule has 4 aromatic rings. The molecule has 1 saturated carbocycles. The number of halogens is 5. The Labute approximate surface area is 311 Å². The van der Waals surface area contributed by atoms with Crippen LogP contribution in [0.5, 0.6) is 5.75 Å². The van der Waals surface area contributed by atoms with Crippen LogP contribution >= 0.6 is 23.2 Å². The molecule has 0 spiro atoms. The number of hydrogen-bond acceptors (Lipinski definition) is 7. The Morgan fingerprint density at radius 1 is 0.868 bits per heavy atom. The summed E-state index contributed by atoms with van der Waals surface area (Å²) in [6.07, 6.45) is -2.91. The summed E-state index contributed by atoms with van der Waals surface area (Å²) in [5, 5.41) is 12.6. The summed E-state index contributed by atoms with van der Waals surface area (Å²) in [6, 6.07) is 23.4. The number of carbonyl (C=O) groups is 4. The van der Waals surface area contributed by atoms with Crippen molar-refractivity contribution in [3.63, 3.8) is 0 Å². The van der Waals surface area contributed by atoms with Gasteiger partial charge in [0.05, 0.1) is 33.9 Å². The van der Waals surface area contributed by atoms with Crippen LogP contribution in [0, 0.1) is 23.7 Å². The number of anilines is 2. The van der Waals surface area contributed by atoms with Gasteiger partial charge in [0.15, 0.2) is 5.82 Å². The zero-order chi connectivity index (χ0) is 37.6. The summed E-state index contributed by atoms with van der Waals surface area (Å²) >= 11 is 12.6. The second kappa shape index (κ2) is 12.4. The van der Waals surface area contributed by atoms with Gasteiger partial charge < -0.3 is 5.11 Å². The average molecular weight is 762 g/mol. The van der Waals surface area contributed by atoms with E-state index in [4.69, 9.17) is 23.2 Å². The van der Waals surface area contributed by atoms with E-state index < -0.39 is 76.3 Å². The first-order valence-corrected chi connectivity index (χ1v) is 17.5. The molecule has 8 rings (SSSR count). The predicted octanol–water partition coefficient (Wildman–Crippen LogP) is 7.33. The van der Waals surface area contributed by atoms with E-state index in [0.717, 1.165) is 21.0 Å². The van der Waals surface area contributed by atoms with Gasteiger partial charge in [0.25, 0.3) is 11.8 Å². The van der Waals surface area contributed by atoms with Crippen LogP contribution in [0.2, 0.25) is 10.0 Å². The second-order valence-electron chi connectivity index (χ2n) is 13.7. The van der Waals surface area contributed by atoms with Crippen molar-refractivity contribution < 1.29 is 37.5 Å². The Hall–Kier alpha value is -5.20. The molecule has 9 nitrogen and oxygen atoms in total. The van der Waals surface area contributed by atoms with Crippen molar-refractivity contribution in [1.29, 1.82) is 0 Å². The quantitative estimate of drug-likeness (QED) is 0.168. The van der Waals surface area contributed by atoms with E-state index in [-0.39, 0.29) is 29.3 Å². The third-order valence-corrected chi connectivity index (χ3v) is 11.6. The zero-order valence-electron chi connectivity index (χ0n) is 27.8. The van der Waals surface area contributed by atoms with Crippen LogP contribution in [-0.4, -0.2) is 45.8 Å². The van der Waals surface area contributed by atoms with Gasteiger partial charge in [-0.2, -0.15) is 18.2 Å². The summed E-state index contributed by atoms with van der Waals surface area (Å²) in [7, 11) is 1.24. The van der Waals surface area contributed by atoms with Crippen LogP contribution < -0.4 is 9.91 Å². The number of aromatic nitrogens is 1. The van der Waals surface area contributed by atoms with Gasteiger partial charge in [-0.15, -0.1) is 0 Å². The number of amides is 4. The third kappa shape index (κ3) is 5.17. The lowest BCUT2D eigenvalue weighted by atomic mass is 9.49. The molecule has 2 aliphatic heterocycles. The first kappa shape index (κ1) is 34.9. The number of phenols is 1. The van der Waals surface area contributed by atoms with Crippen LogP contribution in [0.25, 0.3) is 0 Å². The number of fused-ring (bicyclic) bond motifs is 4. The van der Waals surface area contributed by atoms with E-state index in [2.05, 4.69) is 4.98 Å². The highest BCUT2D eigenvalue weighted by Gasteiger charge is 2.70. The molecule has 1 N–H and O–H groups in total. The molecule has 0 bridgehead atoms. The van der Waals surface area contributed by atoms with Crippen LogP contribution in [0.4, 0.5) is 24.7 Å². The molecule has 6 atom stereocenters.